The van der Waals surface area contributed by atoms with E-state index in [4.69, 9.17) is 5.11 Å². The first-order chi connectivity index (χ1) is 9.31. The average molecular weight is 316 g/mol. The normalized spacial score (nSPS) is 11.7. The van der Waals surface area contributed by atoms with Gasteiger partial charge in [0.25, 0.3) is 10.0 Å². The maximum absolute atomic E-state index is 12.1. The van der Waals surface area contributed by atoms with Crippen LogP contribution in [0.15, 0.2) is 15.9 Å². The van der Waals surface area contributed by atoms with Gasteiger partial charge >= 0.3 is 5.97 Å². The van der Waals surface area contributed by atoms with Crippen molar-refractivity contribution >= 4 is 27.3 Å². The highest BCUT2D eigenvalue weighted by atomic mass is 32.2. The van der Waals surface area contributed by atoms with Crippen molar-refractivity contribution in [1.82, 2.24) is 19.5 Å². The number of thiazole rings is 1. The molecule has 0 aliphatic rings. The molecule has 10 heteroatoms. The van der Waals surface area contributed by atoms with E-state index in [0.29, 0.717) is 5.69 Å². The van der Waals surface area contributed by atoms with E-state index in [9.17, 15) is 13.2 Å². The van der Waals surface area contributed by atoms with Crippen LogP contribution in [0.25, 0.3) is 0 Å². The third kappa shape index (κ3) is 2.86. The fourth-order valence-corrected chi connectivity index (χ4v) is 3.82. The van der Waals surface area contributed by atoms with Crippen LogP contribution in [0.5, 0.6) is 0 Å². The highest BCUT2D eigenvalue weighted by molar-refractivity contribution is 7.91. The number of sulfonamides is 1. The molecule has 0 spiro atoms. The van der Waals surface area contributed by atoms with Gasteiger partial charge in [0.1, 0.15) is 0 Å². The van der Waals surface area contributed by atoms with Gasteiger partial charge in [-0.1, -0.05) is 0 Å². The van der Waals surface area contributed by atoms with E-state index in [-0.39, 0.29) is 10.8 Å². The van der Waals surface area contributed by atoms with Gasteiger partial charge in [-0.3, -0.25) is 4.68 Å². The lowest BCUT2D eigenvalue weighted by Crippen LogP contribution is -2.24. The van der Waals surface area contributed by atoms with Crippen LogP contribution < -0.4 is 4.72 Å². The summed E-state index contributed by atoms with van der Waals surface area (Å²) in [5.74, 6) is -1.37. The van der Waals surface area contributed by atoms with Gasteiger partial charge in [0.05, 0.1) is 11.2 Å². The standard InChI is InChI=1S/C10H12N4O4S2/c1-6-7(4-14(2)13-6)3-12-20(17,18)10-8(9(15)16)11-5-19-10/h4-5,12H,3H2,1-2H3,(H,15,16). The zero-order valence-corrected chi connectivity index (χ0v) is 12.3. The summed E-state index contributed by atoms with van der Waals surface area (Å²) in [6.07, 6.45) is 1.70. The summed E-state index contributed by atoms with van der Waals surface area (Å²) in [5.41, 5.74) is 2.15. The first-order valence-electron chi connectivity index (χ1n) is 5.47. The lowest BCUT2D eigenvalue weighted by atomic mass is 10.3. The highest BCUT2D eigenvalue weighted by Crippen LogP contribution is 2.20. The fourth-order valence-electron chi connectivity index (χ4n) is 1.63. The highest BCUT2D eigenvalue weighted by Gasteiger charge is 2.25. The molecule has 108 valence electrons. The molecule has 0 radical (unpaired) electrons. The van der Waals surface area contributed by atoms with Crippen LogP contribution in [0.1, 0.15) is 21.7 Å². The van der Waals surface area contributed by atoms with Crippen molar-refractivity contribution in [1.29, 1.82) is 0 Å². The molecule has 2 aromatic rings. The van der Waals surface area contributed by atoms with Crippen LogP contribution in [-0.4, -0.2) is 34.3 Å². The van der Waals surface area contributed by atoms with Crippen molar-refractivity contribution in [2.45, 2.75) is 17.7 Å². The van der Waals surface area contributed by atoms with E-state index in [1.165, 1.54) is 5.51 Å². The molecule has 20 heavy (non-hydrogen) atoms. The molecular formula is C10H12N4O4S2. The molecule has 0 aromatic carbocycles. The second kappa shape index (κ2) is 5.31. The molecule has 0 bridgehead atoms. The second-order valence-corrected chi connectivity index (χ2v) is 6.85. The first kappa shape index (κ1) is 14.6. The Balaban J connectivity index is 2.22. The summed E-state index contributed by atoms with van der Waals surface area (Å²) >= 11 is 0.766. The minimum Gasteiger partial charge on any atom is -0.476 e. The first-order valence-corrected chi connectivity index (χ1v) is 7.83. The van der Waals surface area contributed by atoms with Gasteiger partial charge in [-0.25, -0.2) is 22.9 Å². The smallest absolute Gasteiger partial charge is 0.356 e. The van der Waals surface area contributed by atoms with Crippen LogP contribution in [0.3, 0.4) is 0 Å². The van der Waals surface area contributed by atoms with Gasteiger partial charge in [-0.15, -0.1) is 11.3 Å². The zero-order chi connectivity index (χ0) is 14.9. The number of aromatic carboxylic acids is 1. The minimum absolute atomic E-state index is 0.0406. The molecular weight excluding hydrogens is 304 g/mol. The number of rotatable bonds is 5. The molecule has 2 heterocycles. The second-order valence-electron chi connectivity index (χ2n) is 4.03. The topological polar surface area (TPSA) is 114 Å². The van der Waals surface area contributed by atoms with Gasteiger partial charge in [0.15, 0.2) is 9.90 Å². The van der Waals surface area contributed by atoms with Crippen LogP contribution in [0.2, 0.25) is 0 Å². The molecule has 2 N–H and O–H groups in total. The van der Waals surface area contributed by atoms with Crippen LogP contribution in [0, 0.1) is 6.92 Å². The number of nitrogens with one attached hydrogen (secondary N) is 1. The monoisotopic (exact) mass is 316 g/mol. The van der Waals surface area contributed by atoms with Crippen LogP contribution >= 0.6 is 11.3 Å². The van der Waals surface area contributed by atoms with E-state index >= 15 is 0 Å². The fraction of sp³-hybridized carbons (Fsp3) is 0.300. The zero-order valence-electron chi connectivity index (χ0n) is 10.7. The van der Waals surface area contributed by atoms with Crippen LogP contribution in [-0.2, 0) is 23.6 Å². The van der Waals surface area contributed by atoms with Gasteiger partial charge < -0.3 is 5.11 Å². The van der Waals surface area contributed by atoms with Crippen molar-refractivity contribution < 1.29 is 18.3 Å². The van der Waals surface area contributed by atoms with Crippen LogP contribution in [0.4, 0.5) is 0 Å². The summed E-state index contributed by atoms with van der Waals surface area (Å²) in [6, 6.07) is 0. The SMILES string of the molecule is Cc1nn(C)cc1CNS(=O)(=O)c1scnc1C(=O)O. The number of aromatic nitrogens is 3. The van der Waals surface area contributed by atoms with E-state index in [2.05, 4.69) is 14.8 Å². The van der Waals surface area contributed by atoms with E-state index < -0.39 is 21.7 Å². The summed E-state index contributed by atoms with van der Waals surface area (Å²) in [4.78, 5) is 14.4. The molecule has 0 aliphatic heterocycles. The Morgan fingerprint density at radius 3 is 2.80 bits per heavy atom. The number of carboxylic acid groups (broad SMARTS) is 1. The number of aryl methyl sites for hydroxylation is 2. The molecule has 2 rings (SSSR count). The van der Waals surface area contributed by atoms with Gasteiger partial charge in [0, 0.05) is 25.4 Å². The third-order valence-corrected chi connectivity index (χ3v) is 5.32. The predicted molar refractivity (Wildman–Crippen MR) is 71.0 cm³/mol. The van der Waals surface area contributed by atoms with Crippen molar-refractivity contribution in [3.63, 3.8) is 0 Å². The predicted octanol–water partition coefficient (Wildman–Crippen LogP) is 0.362. The van der Waals surface area contributed by atoms with Crippen molar-refractivity contribution in [2.24, 2.45) is 7.05 Å². The minimum atomic E-state index is -3.91. The van der Waals surface area contributed by atoms with Gasteiger partial charge in [-0.2, -0.15) is 5.10 Å². The Bertz CT molecular complexity index is 747. The summed E-state index contributed by atoms with van der Waals surface area (Å²) < 4.78 is 27.8. The molecule has 0 amide bonds. The van der Waals surface area contributed by atoms with Crippen molar-refractivity contribution in [2.75, 3.05) is 0 Å². The Kier molecular flexibility index (Phi) is 3.88. The molecule has 0 aliphatic carbocycles. The molecule has 0 atom stereocenters. The Labute approximate surface area is 119 Å². The average Bonchev–Trinajstić information content (AvgIpc) is 2.93. The summed E-state index contributed by atoms with van der Waals surface area (Å²) in [7, 11) is -2.18. The largest absolute Gasteiger partial charge is 0.476 e. The number of nitrogens with zero attached hydrogens (tertiary/aromatic N) is 3. The van der Waals surface area contributed by atoms with Crippen molar-refractivity contribution in [3.05, 3.63) is 28.7 Å². The molecule has 0 saturated heterocycles. The molecule has 0 unspecified atom stereocenters. The van der Waals surface area contributed by atoms with Gasteiger partial charge in [-0.05, 0) is 6.92 Å². The maximum atomic E-state index is 12.1. The Morgan fingerprint density at radius 2 is 2.25 bits per heavy atom. The Morgan fingerprint density at radius 1 is 1.55 bits per heavy atom. The quantitative estimate of drug-likeness (QED) is 0.823. The Hall–Kier alpha value is -1.78. The van der Waals surface area contributed by atoms with Crippen molar-refractivity contribution in [3.8, 4) is 0 Å². The number of carboxylic acids is 1. The number of hydrogen-bond acceptors (Lipinski definition) is 6. The molecule has 8 nitrogen and oxygen atoms in total. The maximum Gasteiger partial charge on any atom is 0.356 e. The summed E-state index contributed by atoms with van der Waals surface area (Å²) in [6.45, 7) is 1.80. The van der Waals surface area contributed by atoms with E-state index in [0.717, 1.165) is 16.9 Å². The van der Waals surface area contributed by atoms with Gasteiger partial charge in [0.2, 0.25) is 0 Å². The molecule has 2 aromatic heterocycles. The lowest BCUT2D eigenvalue weighted by molar-refractivity contribution is 0.0687. The van der Waals surface area contributed by atoms with E-state index in [1.807, 2.05) is 0 Å². The molecule has 0 fully saturated rings. The molecule has 0 saturated carbocycles. The third-order valence-electron chi connectivity index (χ3n) is 2.55. The lowest BCUT2D eigenvalue weighted by Gasteiger charge is -2.04. The van der Waals surface area contributed by atoms with E-state index in [1.54, 1.807) is 24.9 Å². The summed E-state index contributed by atoms with van der Waals surface area (Å²) in [5, 5.41) is 13.0. The number of hydrogen-bond donors (Lipinski definition) is 2. The number of carbonyl (C=O) groups is 1.